The fraction of sp³-hybridized carbons (Fsp3) is 0.0714. The third-order valence-corrected chi connectivity index (χ3v) is 4.00. The van der Waals surface area contributed by atoms with E-state index in [0.29, 0.717) is 16.7 Å². The van der Waals surface area contributed by atoms with E-state index in [9.17, 15) is 4.79 Å². The zero-order chi connectivity index (χ0) is 15.5. The molecule has 2 heterocycles. The third-order valence-electron chi connectivity index (χ3n) is 2.86. The van der Waals surface area contributed by atoms with Crippen LogP contribution in [0.5, 0.6) is 0 Å². The smallest absolute Gasteiger partial charge is 0.365 e. The van der Waals surface area contributed by atoms with Crippen molar-refractivity contribution in [2.45, 2.75) is 6.54 Å². The van der Waals surface area contributed by atoms with Gasteiger partial charge < -0.3 is 4.84 Å². The molecule has 0 saturated carbocycles. The van der Waals surface area contributed by atoms with E-state index in [1.54, 1.807) is 12.4 Å². The third kappa shape index (κ3) is 3.18. The van der Waals surface area contributed by atoms with E-state index in [0.717, 1.165) is 10.0 Å². The summed E-state index contributed by atoms with van der Waals surface area (Å²) in [6.45, 7) is 0.418. The number of nitrogens with one attached hydrogen (secondary N) is 1. The first-order valence-corrected chi connectivity index (χ1v) is 7.91. The summed E-state index contributed by atoms with van der Waals surface area (Å²) < 4.78 is 2.76. The Morgan fingerprint density at radius 3 is 2.82 bits per heavy atom. The van der Waals surface area contributed by atoms with Crippen LogP contribution in [0, 0.1) is 0 Å². The minimum Gasteiger partial charge on any atom is -0.365 e. The number of hydroxylamine groups is 1. The lowest BCUT2D eigenvalue weighted by Gasteiger charge is -2.04. The number of benzene rings is 1. The van der Waals surface area contributed by atoms with Crippen molar-refractivity contribution in [3.8, 4) is 0 Å². The molecular formula is C14H10Br2N4O2. The second-order valence-corrected chi connectivity index (χ2v) is 6.11. The topological polar surface area (TPSA) is 68.5 Å². The molecule has 0 bridgehead atoms. The summed E-state index contributed by atoms with van der Waals surface area (Å²) in [5.41, 5.74) is 4.34. The molecule has 2 aromatic heterocycles. The molecule has 1 N–H and O–H groups in total. The minimum atomic E-state index is -0.579. The van der Waals surface area contributed by atoms with Gasteiger partial charge in [-0.3, -0.25) is 0 Å². The van der Waals surface area contributed by atoms with Gasteiger partial charge in [0.25, 0.3) is 0 Å². The maximum Gasteiger partial charge on any atom is 0.378 e. The van der Waals surface area contributed by atoms with Gasteiger partial charge in [0.15, 0.2) is 11.3 Å². The van der Waals surface area contributed by atoms with E-state index in [1.807, 2.05) is 30.3 Å². The van der Waals surface area contributed by atoms with E-state index in [-0.39, 0.29) is 5.69 Å². The molecule has 3 aromatic rings. The highest BCUT2D eigenvalue weighted by molar-refractivity contribution is 9.11. The number of aromatic nitrogens is 3. The molecule has 0 aliphatic heterocycles. The van der Waals surface area contributed by atoms with Crippen LogP contribution in [0.4, 0.5) is 0 Å². The molecule has 6 nitrogen and oxygen atoms in total. The molecular weight excluding hydrogens is 416 g/mol. The van der Waals surface area contributed by atoms with Gasteiger partial charge in [0, 0.05) is 12.4 Å². The number of carbonyl (C=O) groups is 1. The number of nitrogens with zero attached hydrogens (tertiary/aromatic N) is 3. The molecule has 0 atom stereocenters. The molecule has 0 saturated heterocycles. The van der Waals surface area contributed by atoms with Gasteiger partial charge in [-0.1, -0.05) is 30.3 Å². The van der Waals surface area contributed by atoms with Gasteiger partial charge in [-0.25, -0.2) is 14.3 Å². The van der Waals surface area contributed by atoms with Crippen molar-refractivity contribution in [1.82, 2.24) is 20.1 Å². The Labute approximate surface area is 142 Å². The zero-order valence-corrected chi connectivity index (χ0v) is 14.3. The maximum absolute atomic E-state index is 12.1. The van der Waals surface area contributed by atoms with Crippen LogP contribution in [-0.2, 0) is 11.4 Å². The molecule has 0 fully saturated rings. The lowest BCUT2D eigenvalue weighted by Crippen LogP contribution is -2.20. The molecule has 1 aromatic carbocycles. The van der Waals surface area contributed by atoms with Crippen LogP contribution >= 0.6 is 31.9 Å². The first kappa shape index (κ1) is 15.1. The summed E-state index contributed by atoms with van der Waals surface area (Å²) in [6, 6.07) is 9.63. The number of halogens is 2. The normalized spacial score (nSPS) is 10.8. The Bertz CT molecular complexity index is 820. The summed E-state index contributed by atoms with van der Waals surface area (Å²) in [5, 5.41) is 4.16. The van der Waals surface area contributed by atoms with Gasteiger partial charge >= 0.3 is 5.97 Å². The quantitative estimate of drug-likeness (QED) is 0.650. The van der Waals surface area contributed by atoms with Crippen molar-refractivity contribution in [3.63, 3.8) is 0 Å². The molecule has 0 amide bonds. The molecule has 0 radical (unpaired) electrons. The number of rotatable bonds is 4. The predicted octanol–water partition coefficient (Wildman–Crippen LogP) is 3.12. The van der Waals surface area contributed by atoms with Crippen molar-refractivity contribution in [3.05, 3.63) is 62.9 Å². The number of hydrogen-bond donors (Lipinski definition) is 1. The molecule has 3 rings (SSSR count). The maximum atomic E-state index is 12.1. The summed E-state index contributed by atoms with van der Waals surface area (Å²) >= 11 is 6.63. The first-order valence-electron chi connectivity index (χ1n) is 6.32. The van der Waals surface area contributed by atoms with Crippen molar-refractivity contribution in [2.75, 3.05) is 0 Å². The highest BCUT2D eigenvalue weighted by atomic mass is 79.9. The molecule has 0 aliphatic rings. The van der Waals surface area contributed by atoms with Crippen molar-refractivity contribution in [2.24, 2.45) is 0 Å². The monoisotopic (exact) mass is 424 g/mol. The van der Waals surface area contributed by atoms with Crippen LogP contribution in [0.25, 0.3) is 5.65 Å². The van der Waals surface area contributed by atoms with Crippen LogP contribution < -0.4 is 5.48 Å². The van der Waals surface area contributed by atoms with Gasteiger partial charge in [-0.15, -0.1) is 5.48 Å². The predicted molar refractivity (Wildman–Crippen MR) is 87.1 cm³/mol. The van der Waals surface area contributed by atoms with E-state index < -0.39 is 5.97 Å². The highest BCUT2D eigenvalue weighted by Gasteiger charge is 2.20. The zero-order valence-electron chi connectivity index (χ0n) is 11.2. The summed E-state index contributed by atoms with van der Waals surface area (Å²) in [7, 11) is 0. The Kier molecular flexibility index (Phi) is 4.51. The van der Waals surface area contributed by atoms with Gasteiger partial charge in [-0.05, 0) is 37.4 Å². The molecule has 0 unspecified atom stereocenters. The number of carbonyl (C=O) groups excluding carboxylic acids is 1. The molecule has 112 valence electrons. The number of hydrogen-bond acceptors (Lipinski definition) is 5. The van der Waals surface area contributed by atoms with Crippen LogP contribution in [0.1, 0.15) is 16.1 Å². The number of fused-ring (bicyclic) bond motifs is 1. The fourth-order valence-corrected chi connectivity index (χ4v) is 2.67. The minimum absolute atomic E-state index is 0.158. The Morgan fingerprint density at radius 2 is 2.05 bits per heavy atom. The lowest BCUT2D eigenvalue weighted by atomic mass is 10.2. The Morgan fingerprint density at radius 1 is 1.27 bits per heavy atom. The second-order valence-electron chi connectivity index (χ2n) is 4.40. The summed E-state index contributed by atoms with van der Waals surface area (Å²) in [4.78, 5) is 21.3. The standard InChI is InChI=1S/C14H10Br2N4O2/c15-10-7-17-13-11(16)12(19-20(13)8-10)14(21)22-18-6-9-4-2-1-3-5-9/h1-5,7-8,18H,6H2. The Balaban J connectivity index is 1.71. The van der Waals surface area contributed by atoms with E-state index in [4.69, 9.17) is 4.84 Å². The van der Waals surface area contributed by atoms with Crippen molar-refractivity contribution < 1.29 is 9.63 Å². The van der Waals surface area contributed by atoms with E-state index >= 15 is 0 Å². The van der Waals surface area contributed by atoms with Gasteiger partial charge in [0.05, 0.1) is 15.5 Å². The Hall–Kier alpha value is -1.77. The lowest BCUT2D eigenvalue weighted by molar-refractivity contribution is 0.0229. The summed E-state index contributed by atoms with van der Waals surface area (Å²) in [5.74, 6) is -0.579. The van der Waals surface area contributed by atoms with Crippen molar-refractivity contribution >= 4 is 43.5 Å². The fourth-order valence-electron chi connectivity index (χ4n) is 1.84. The average molecular weight is 426 g/mol. The SMILES string of the molecule is O=C(ONCc1ccccc1)c1nn2cc(Br)cnc2c1Br. The van der Waals surface area contributed by atoms with Gasteiger partial charge in [-0.2, -0.15) is 5.10 Å². The summed E-state index contributed by atoms with van der Waals surface area (Å²) in [6.07, 6.45) is 3.34. The second kappa shape index (κ2) is 6.55. The van der Waals surface area contributed by atoms with E-state index in [2.05, 4.69) is 47.4 Å². The largest absolute Gasteiger partial charge is 0.378 e. The molecule has 22 heavy (non-hydrogen) atoms. The molecule has 0 spiro atoms. The van der Waals surface area contributed by atoms with Crippen LogP contribution in [0.2, 0.25) is 0 Å². The van der Waals surface area contributed by atoms with Gasteiger partial charge in [0.2, 0.25) is 0 Å². The first-order chi connectivity index (χ1) is 10.6. The van der Waals surface area contributed by atoms with Crippen LogP contribution in [-0.4, -0.2) is 20.6 Å². The van der Waals surface area contributed by atoms with E-state index in [1.165, 1.54) is 4.52 Å². The molecule has 8 heteroatoms. The highest BCUT2D eigenvalue weighted by Crippen LogP contribution is 2.22. The van der Waals surface area contributed by atoms with Gasteiger partial charge in [0.1, 0.15) is 0 Å². The molecule has 0 aliphatic carbocycles. The van der Waals surface area contributed by atoms with Crippen LogP contribution in [0.3, 0.4) is 0 Å². The van der Waals surface area contributed by atoms with Crippen molar-refractivity contribution in [1.29, 1.82) is 0 Å². The van der Waals surface area contributed by atoms with Crippen LogP contribution in [0.15, 0.2) is 51.7 Å². The average Bonchev–Trinajstić information content (AvgIpc) is 2.84.